The molecule has 0 heterocycles. The number of hydrogen-bond donors (Lipinski definition) is 1. The third-order valence-electron chi connectivity index (χ3n) is 4.43. The summed E-state index contributed by atoms with van der Waals surface area (Å²) in [4.78, 5) is 10.4. The van der Waals surface area contributed by atoms with Gasteiger partial charge in [-0.25, -0.2) is 0 Å². The van der Waals surface area contributed by atoms with Crippen molar-refractivity contribution in [3.8, 4) is 11.1 Å². The first kappa shape index (κ1) is 13.9. The van der Waals surface area contributed by atoms with Crippen molar-refractivity contribution in [3.63, 3.8) is 0 Å². The van der Waals surface area contributed by atoms with Gasteiger partial charge in [0, 0.05) is 5.69 Å². The number of benzene rings is 2. The van der Waals surface area contributed by atoms with Crippen LogP contribution in [0, 0.1) is 0 Å². The highest BCUT2D eigenvalue weighted by atomic mass is 16.1. The Hall–Kier alpha value is -2.09. The Labute approximate surface area is 126 Å². The number of anilines is 1. The Kier molecular flexibility index (Phi) is 4.34. The molecule has 1 amide bonds. The first-order valence-corrected chi connectivity index (χ1v) is 7.77. The molecule has 1 N–H and O–H groups in total. The first-order valence-electron chi connectivity index (χ1n) is 7.77. The zero-order valence-corrected chi connectivity index (χ0v) is 12.2. The maximum absolute atomic E-state index is 10.4. The molecule has 2 heteroatoms. The number of nitrogens with one attached hydrogen (secondary N) is 1. The smallest absolute Gasteiger partial charge is 0.211 e. The standard InChI is InChI=1S/C19H21NO/c21-14-20-19-12-10-18(11-13-19)17-8-6-16(7-9-17)15-4-2-1-3-5-15/h6-15H,1-5H2,(H,20,21). The average molecular weight is 279 g/mol. The molecular formula is C19H21NO. The minimum atomic E-state index is 0.702. The number of amides is 1. The van der Waals surface area contributed by atoms with Crippen LogP contribution in [0.3, 0.4) is 0 Å². The topological polar surface area (TPSA) is 29.1 Å². The second-order valence-corrected chi connectivity index (χ2v) is 5.80. The molecule has 1 aliphatic carbocycles. The van der Waals surface area contributed by atoms with E-state index in [4.69, 9.17) is 0 Å². The fourth-order valence-corrected chi connectivity index (χ4v) is 3.21. The van der Waals surface area contributed by atoms with Crippen LogP contribution in [0.2, 0.25) is 0 Å². The van der Waals surface area contributed by atoms with Gasteiger partial charge in [-0.1, -0.05) is 55.7 Å². The van der Waals surface area contributed by atoms with Crippen LogP contribution in [-0.2, 0) is 4.79 Å². The van der Waals surface area contributed by atoms with Crippen molar-refractivity contribution in [2.24, 2.45) is 0 Å². The molecule has 1 saturated carbocycles. The predicted molar refractivity (Wildman–Crippen MR) is 87.4 cm³/mol. The van der Waals surface area contributed by atoms with Gasteiger partial charge in [-0.3, -0.25) is 4.79 Å². The van der Waals surface area contributed by atoms with Crippen molar-refractivity contribution in [1.29, 1.82) is 0 Å². The van der Waals surface area contributed by atoms with E-state index in [1.54, 1.807) is 0 Å². The molecule has 0 spiro atoms. The van der Waals surface area contributed by atoms with Crippen LogP contribution >= 0.6 is 0 Å². The molecule has 0 radical (unpaired) electrons. The monoisotopic (exact) mass is 279 g/mol. The highest BCUT2D eigenvalue weighted by molar-refractivity contribution is 5.73. The van der Waals surface area contributed by atoms with E-state index in [0.29, 0.717) is 6.41 Å². The van der Waals surface area contributed by atoms with Crippen LogP contribution in [0.1, 0.15) is 43.6 Å². The third-order valence-corrected chi connectivity index (χ3v) is 4.43. The van der Waals surface area contributed by atoms with E-state index in [1.165, 1.54) is 48.8 Å². The van der Waals surface area contributed by atoms with Gasteiger partial charge in [-0.05, 0) is 47.6 Å². The summed E-state index contributed by atoms with van der Waals surface area (Å²) < 4.78 is 0. The molecule has 2 aromatic rings. The third kappa shape index (κ3) is 3.33. The Morgan fingerprint density at radius 2 is 1.38 bits per heavy atom. The lowest BCUT2D eigenvalue weighted by Gasteiger charge is -2.22. The zero-order valence-electron chi connectivity index (χ0n) is 12.2. The molecule has 0 saturated heterocycles. The minimum absolute atomic E-state index is 0.702. The second kappa shape index (κ2) is 6.57. The van der Waals surface area contributed by atoms with E-state index in [-0.39, 0.29) is 0 Å². The first-order chi connectivity index (χ1) is 10.4. The number of carbonyl (C=O) groups is 1. The minimum Gasteiger partial charge on any atom is -0.329 e. The zero-order chi connectivity index (χ0) is 14.5. The molecule has 0 bridgehead atoms. The summed E-state index contributed by atoms with van der Waals surface area (Å²) in [5.41, 5.74) is 4.72. The highest BCUT2D eigenvalue weighted by Crippen LogP contribution is 2.33. The maximum atomic E-state index is 10.4. The molecule has 2 aromatic carbocycles. The average Bonchev–Trinajstić information content (AvgIpc) is 2.57. The van der Waals surface area contributed by atoms with E-state index >= 15 is 0 Å². The summed E-state index contributed by atoms with van der Waals surface area (Å²) in [7, 11) is 0. The molecule has 2 nitrogen and oxygen atoms in total. The molecule has 108 valence electrons. The Balaban J connectivity index is 1.75. The molecule has 1 aliphatic rings. The lowest BCUT2D eigenvalue weighted by atomic mass is 9.84. The quantitative estimate of drug-likeness (QED) is 0.787. The van der Waals surface area contributed by atoms with Gasteiger partial charge < -0.3 is 5.32 Å². The SMILES string of the molecule is O=CNc1ccc(-c2ccc(C3CCCCC3)cc2)cc1. The summed E-state index contributed by atoms with van der Waals surface area (Å²) in [6, 6.07) is 16.9. The fraction of sp³-hybridized carbons (Fsp3) is 0.316. The largest absolute Gasteiger partial charge is 0.329 e. The molecule has 3 rings (SSSR count). The van der Waals surface area contributed by atoms with Crippen LogP contribution in [-0.4, -0.2) is 6.41 Å². The van der Waals surface area contributed by atoms with Gasteiger partial charge in [-0.2, -0.15) is 0 Å². The van der Waals surface area contributed by atoms with Crippen LogP contribution in [0.15, 0.2) is 48.5 Å². The number of carbonyl (C=O) groups excluding carboxylic acids is 1. The van der Waals surface area contributed by atoms with E-state index in [1.807, 2.05) is 24.3 Å². The van der Waals surface area contributed by atoms with E-state index in [2.05, 4.69) is 29.6 Å². The van der Waals surface area contributed by atoms with Gasteiger partial charge in [0.15, 0.2) is 0 Å². The van der Waals surface area contributed by atoms with Crippen molar-refractivity contribution >= 4 is 12.1 Å². The molecule has 21 heavy (non-hydrogen) atoms. The van der Waals surface area contributed by atoms with Gasteiger partial charge in [0.25, 0.3) is 0 Å². The van der Waals surface area contributed by atoms with Gasteiger partial charge >= 0.3 is 0 Å². The number of rotatable bonds is 4. The Morgan fingerprint density at radius 3 is 1.95 bits per heavy atom. The Morgan fingerprint density at radius 1 is 0.810 bits per heavy atom. The van der Waals surface area contributed by atoms with Gasteiger partial charge in [0.2, 0.25) is 6.41 Å². The van der Waals surface area contributed by atoms with Crippen molar-refractivity contribution in [2.75, 3.05) is 5.32 Å². The van der Waals surface area contributed by atoms with E-state index in [0.717, 1.165) is 11.6 Å². The maximum Gasteiger partial charge on any atom is 0.211 e. The summed E-state index contributed by atoms with van der Waals surface area (Å²) in [5, 5.41) is 2.66. The summed E-state index contributed by atoms with van der Waals surface area (Å²) in [6.45, 7) is 0. The van der Waals surface area contributed by atoms with Crippen LogP contribution in [0.4, 0.5) is 5.69 Å². The molecular weight excluding hydrogens is 258 g/mol. The summed E-state index contributed by atoms with van der Waals surface area (Å²) in [6.07, 6.45) is 7.52. The van der Waals surface area contributed by atoms with Crippen molar-refractivity contribution in [2.45, 2.75) is 38.0 Å². The number of hydrogen-bond acceptors (Lipinski definition) is 1. The second-order valence-electron chi connectivity index (χ2n) is 5.80. The van der Waals surface area contributed by atoms with Gasteiger partial charge in [0.1, 0.15) is 0 Å². The van der Waals surface area contributed by atoms with Crippen LogP contribution in [0.25, 0.3) is 11.1 Å². The van der Waals surface area contributed by atoms with E-state index < -0.39 is 0 Å². The van der Waals surface area contributed by atoms with Crippen LogP contribution in [0.5, 0.6) is 0 Å². The van der Waals surface area contributed by atoms with Crippen molar-refractivity contribution < 1.29 is 4.79 Å². The molecule has 0 unspecified atom stereocenters. The van der Waals surface area contributed by atoms with Crippen molar-refractivity contribution in [1.82, 2.24) is 0 Å². The van der Waals surface area contributed by atoms with Crippen LogP contribution < -0.4 is 5.32 Å². The highest BCUT2D eigenvalue weighted by Gasteiger charge is 2.15. The molecule has 1 fully saturated rings. The molecule has 0 atom stereocenters. The summed E-state index contributed by atoms with van der Waals surface area (Å²) in [5.74, 6) is 0.756. The van der Waals surface area contributed by atoms with Gasteiger partial charge in [0.05, 0.1) is 0 Å². The predicted octanol–water partition coefficient (Wildman–Crippen LogP) is 4.97. The lowest BCUT2D eigenvalue weighted by Crippen LogP contribution is -2.04. The van der Waals surface area contributed by atoms with Crippen molar-refractivity contribution in [3.05, 3.63) is 54.1 Å². The molecule has 0 aromatic heterocycles. The summed E-state index contributed by atoms with van der Waals surface area (Å²) >= 11 is 0. The van der Waals surface area contributed by atoms with Gasteiger partial charge in [-0.15, -0.1) is 0 Å². The Bertz CT molecular complexity index is 580. The van der Waals surface area contributed by atoms with E-state index in [9.17, 15) is 4.79 Å². The normalized spacial score (nSPS) is 15.6. The fourth-order valence-electron chi connectivity index (χ4n) is 3.21. The lowest BCUT2D eigenvalue weighted by molar-refractivity contribution is -0.105. The molecule has 0 aliphatic heterocycles.